The number of hydrogen-bond donors (Lipinski definition) is 0. The summed E-state index contributed by atoms with van der Waals surface area (Å²) in [5, 5.41) is 0. The Hall–Kier alpha value is -1.51. The van der Waals surface area contributed by atoms with Crippen LogP contribution in [0.3, 0.4) is 0 Å². The van der Waals surface area contributed by atoms with E-state index in [1.807, 2.05) is 45.0 Å². The van der Waals surface area contributed by atoms with E-state index in [1.54, 1.807) is 6.92 Å². The second-order valence-electron chi connectivity index (χ2n) is 4.66. The van der Waals surface area contributed by atoms with E-state index in [4.69, 9.17) is 9.47 Å². The van der Waals surface area contributed by atoms with Gasteiger partial charge in [-0.2, -0.15) is 0 Å². The Balaban J connectivity index is 2.59. The van der Waals surface area contributed by atoms with Gasteiger partial charge in [-0.3, -0.25) is 4.79 Å². The van der Waals surface area contributed by atoms with E-state index in [2.05, 4.69) is 0 Å². The molecule has 0 aliphatic heterocycles. The predicted molar refractivity (Wildman–Crippen MR) is 67.1 cm³/mol. The number of carbonyl (C=O) groups is 1. The van der Waals surface area contributed by atoms with Gasteiger partial charge in [0.2, 0.25) is 0 Å². The monoisotopic (exact) mass is 236 g/mol. The lowest BCUT2D eigenvalue weighted by molar-refractivity contribution is -0.146. The van der Waals surface area contributed by atoms with Crippen molar-refractivity contribution in [3.8, 4) is 5.75 Å². The van der Waals surface area contributed by atoms with Crippen molar-refractivity contribution < 1.29 is 14.3 Å². The Morgan fingerprint density at radius 1 is 1.24 bits per heavy atom. The molecular weight excluding hydrogens is 216 g/mol. The fourth-order valence-electron chi connectivity index (χ4n) is 1.52. The quantitative estimate of drug-likeness (QED) is 0.737. The van der Waals surface area contributed by atoms with Gasteiger partial charge in [-0.25, -0.2) is 0 Å². The molecule has 3 nitrogen and oxygen atoms in total. The summed E-state index contributed by atoms with van der Waals surface area (Å²) < 4.78 is 10.7. The maximum Gasteiger partial charge on any atom is 0.309 e. The largest absolute Gasteiger partial charge is 0.487 e. The van der Waals surface area contributed by atoms with Gasteiger partial charge >= 0.3 is 5.97 Å². The highest BCUT2D eigenvalue weighted by atomic mass is 16.5. The Kier molecular flexibility index (Phi) is 4.55. The molecular formula is C14H20O3. The Morgan fingerprint density at radius 2 is 1.82 bits per heavy atom. The third kappa shape index (κ3) is 4.89. The molecule has 0 fully saturated rings. The molecule has 0 aliphatic rings. The van der Waals surface area contributed by atoms with Crippen LogP contribution in [0.1, 0.15) is 32.8 Å². The van der Waals surface area contributed by atoms with Crippen LogP contribution >= 0.6 is 0 Å². The maximum atomic E-state index is 11.4. The summed E-state index contributed by atoms with van der Waals surface area (Å²) in [5.41, 5.74) is 0.627. The first-order valence-corrected chi connectivity index (χ1v) is 5.84. The molecule has 0 unspecified atom stereocenters. The lowest BCUT2D eigenvalue weighted by Crippen LogP contribution is -2.32. The van der Waals surface area contributed by atoms with E-state index in [0.717, 1.165) is 5.75 Å². The number of benzene rings is 1. The molecule has 17 heavy (non-hydrogen) atoms. The van der Waals surface area contributed by atoms with Gasteiger partial charge < -0.3 is 9.47 Å². The molecule has 0 radical (unpaired) electrons. The van der Waals surface area contributed by atoms with E-state index in [9.17, 15) is 4.79 Å². The number of esters is 1. The fraction of sp³-hybridized carbons (Fsp3) is 0.500. The Morgan fingerprint density at radius 3 is 2.35 bits per heavy atom. The first-order valence-electron chi connectivity index (χ1n) is 5.84. The summed E-state index contributed by atoms with van der Waals surface area (Å²) in [6.45, 7) is 7.98. The van der Waals surface area contributed by atoms with E-state index >= 15 is 0 Å². The normalized spacial score (nSPS) is 11.1. The summed E-state index contributed by atoms with van der Waals surface area (Å²) in [6, 6.07) is 7.77. The van der Waals surface area contributed by atoms with Crippen LogP contribution in [0.4, 0.5) is 0 Å². The lowest BCUT2D eigenvalue weighted by atomic mass is 10.1. The second-order valence-corrected chi connectivity index (χ2v) is 4.66. The SMILES string of the molecule is CCOC(=O)CC(C)(C)Oc1ccc(C)cc1. The van der Waals surface area contributed by atoms with Crippen LogP contribution in [0.25, 0.3) is 0 Å². The number of aryl methyl sites for hydroxylation is 1. The molecule has 0 N–H and O–H groups in total. The summed E-state index contributed by atoms with van der Waals surface area (Å²) in [6.07, 6.45) is 0.245. The molecule has 0 atom stereocenters. The Labute approximate surface area is 103 Å². The molecule has 1 rings (SSSR count). The molecule has 3 heteroatoms. The van der Waals surface area contributed by atoms with Gasteiger partial charge in [0.1, 0.15) is 11.4 Å². The lowest BCUT2D eigenvalue weighted by Gasteiger charge is -2.25. The molecule has 0 aromatic heterocycles. The summed E-state index contributed by atoms with van der Waals surface area (Å²) in [5.74, 6) is 0.537. The Bertz CT molecular complexity index is 366. The second kappa shape index (κ2) is 5.71. The van der Waals surface area contributed by atoms with Crippen LogP contribution in [0, 0.1) is 6.92 Å². The highest BCUT2D eigenvalue weighted by Crippen LogP contribution is 2.21. The first-order chi connectivity index (χ1) is 7.93. The third-order valence-electron chi connectivity index (χ3n) is 2.29. The van der Waals surface area contributed by atoms with Gasteiger partial charge in [-0.1, -0.05) is 17.7 Å². The van der Waals surface area contributed by atoms with Gasteiger partial charge in [-0.05, 0) is 39.8 Å². The number of rotatable bonds is 5. The minimum absolute atomic E-state index is 0.232. The third-order valence-corrected chi connectivity index (χ3v) is 2.29. The van der Waals surface area contributed by atoms with Crippen molar-refractivity contribution in [2.45, 2.75) is 39.7 Å². The zero-order valence-electron chi connectivity index (χ0n) is 10.9. The zero-order valence-corrected chi connectivity index (χ0v) is 10.9. The highest BCUT2D eigenvalue weighted by molar-refractivity contribution is 5.70. The van der Waals surface area contributed by atoms with Crippen molar-refractivity contribution in [2.24, 2.45) is 0 Å². The van der Waals surface area contributed by atoms with Crippen LogP contribution < -0.4 is 4.74 Å². The molecule has 0 saturated heterocycles. The molecule has 0 spiro atoms. The van der Waals surface area contributed by atoms with E-state index in [0.29, 0.717) is 6.61 Å². The number of hydrogen-bond acceptors (Lipinski definition) is 3. The van der Waals surface area contributed by atoms with Gasteiger partial charge in [0.15, 0.2) is 0 Å². The first kappa shape index (κ1) is 13.6. The van der Waals surface area contributed by atoms with Crippen molar-refractivity contribution in [3.63, 3.8) is 0 Å². The summed E-state index contributed by atoms with van der Waals surface area (Å²) in [7, 11) is 0. The number of ether oxygens (including phenoxy) is 2. The predicted octanol–water partition coefficient (Wildman–Crippen LogP) is 3.11. The van der Waals surface area contributed by atoms with Crippen LogP contribution in [0.15, 0.2) is 24.3 Å². The van der Waals surface area contributed by atoms with Crippen LogP contribution in [0.2, 0.25) is 0 Å². The average molecular weight is 236 g/mol. The van der Waals surface area contributed by atoms with Crippen LogP contribution in [-0.2, 0) is 9.53 Å². The van der Waals surface area contributed by atoms with Crippen molar-refractivity contribution in [2.75, 3.05) is 6.61 Å². The molecule has 0 heterocycles. The average Bonchev–Trinajstić information content (AvgIpc) is 2.20. The maximum absolute atomic E-state index is 11.4. The molecule has 0 bridgehead atoms. The van der Waals surface area contributed by atoms with E-state index in [-0.39, 0.29) is 12.4 Å². The van der Waals surface area contributed by atoms with E-state index in [1.165, 1.54) is 5.56 Å². The molecule has 0 aliphatic carbocycles. The molecule has 1 aromatic rings. The summed E-state index contributed by atoms with van der Waals surface area (Å²) in [4.78, 5) is 11.4. The topological polar surface area (TPSA) is 35.5 Å². The van der Waals surface area contributed by atoms with Crippen LogP contribution in [0.5, 0.6) is 5.75 Å². The van der Waals surface area contributed by atoms with Crippen molar-refractivity contribution in [3.05, 3.63) is 29.8 Å². The van der Waals surface area contributed by atoms with Crippen molar-refractivity contribution in [1.29, 1.82) is 0 Å². The van der Waals surface area contributed by atoms with Gasteiger partial charge in [0.05, 0.1) is 13.0 Å². The summed E-state index contributed by atoms with van der Waals surface area (Å²) >= 11 is 0. The molecule has 0 saturated carbocycles. The zero-order chi connectivity index (χ0) is 12.9. The minimum Gasteiger partial charge on any atom is -0.487 e. The van der Waals surface area contributed by atoms with Gasteiger partial charge in [0, 0.05) is 0 Å². The molecule has 94 valence electrons. The van der Waals surface area contributed by atoms with Gasteiger partial charge in [0.25, 0.3) is 0 Å². The standard InChI is InChI=1S/C14H20O3/c1-5-16-13(15)10-14(3,4)17-12-8-6-11(2)7-9-12/h6-9H,5,10H2,1-4H3. The fourth-order valence-corrected chi connectivity index (χ4v) is 1.52. The van der Waals surface area contributed by atoms with Gasteiger partial charge in [-0.15, -0.1) is 0 Å². The number of carbonyl (C=O) groups excluding carboxylic acids is 1. The van der Waals surface area contributed by atoms with Crippen molar-refractivity contribution >= 4 is 5.97 Å². The van der Waals surface area contributed by atoms with Crippen molar-refractivity contribution in [1.82, 2.24) is 0 Å². The minimum atomic E-state index is -0.554. The molecule has 1 aromatic carbocycles. The molecule has 0 amide bonds. The van der Waals surface area contributed by atoms with Crippen LogP contribution in [-0.4, -0.2) is 18.2 Å². The highest BCUT2D eigenvalue weighted by Gasteiger charge is 2.24. The smallest absolute Gasteiger partial charge is 0.309 e. The van der Waals surface area contributed by atoms with E-state index < -0.39 is 5.60 Å².